The Hall–Kier alpha value is -3.00. The molecule has 0 spiro atoms. The summed E-state index contributed by atoms with van der Waals surface area (Å²) in [6.07, 6.45) is 1.91. The maximum absolute atomic E-state index is 12.8. The minimum atomic E-state index is -0.570. The van der Waals surface area contributed by atoms with Crippen LogP contribution in [-0.2, 0) is 20.9 Å². The van der Waals surface area contributed by atoms with Gasteiger partial charge in [-0.3, -0.25) is 9.59 Å². The van der Waals surface area contributed by atoms with Crippen LogP contribution in [0.3, 0.4) is 0 Å². The lowest BCUT2D eigenvalue weighted by atomic mass is 10.2. The number of carbonyl (C=O) groups excluding carboxylic acids is 3. The molecule has 0 unspecified atom stereocenters. The van der Waals surface area contributed by atoms with Gasteiger partial charge in [-0.15, -0.1) is 11.8 Å². The van der Waals surface area contributed by atoms with Gasteiger partial charge < -0.3 is 19.3 Å². The Morgan fingerprint density at radius 1 is 1.00 bits per heavy atom. The van der Waals surface area contributed by atoms with Crippen molar-refractivity contribution >= 4 is 29.5 Å². The fraction of sp³-hybridized carbons (Fsp3) is 0.375. The number of thioether (sulfide) groups is 1. The molecule has 3 rings (SSSR count). The zero-order valence-electron chi connectivity index (χ0n) is 18.6. The van der Waals surface area contributed by atoms with Crippen LogP contribution in [-0.4, -0.2) is 67.2 Å². The van der Waals surface area contributed by atoms with E-state index in [1.54, 1.807) is 50.4 Å². The topological polar surface area (TPSA) is 76.1 Å². The first-order valence-electron chi connectivity index (χ1n) is 10.4. The van der Waals surface area contributed by atoms with Gasteiger partial charge in [-0.1, -0.05) is 24.3 Å². The predicted octanol–water partition coefficient (Wildman–Crippen LogP) is 3.22. The second-order valence-electron chi connectivity index (χ2n) is 7.75. The van der Waals surface area contributed by atoms with E-state index in [4.69, 9.17) is 9.47 Å². The number of benzene rings is 2. The third-order valence-corrected chi connectivity index (χ3v) is 6.16. The molecule has 0 aliphatic heterocycles. The van der Waals surface area contributed by atoms with Crippen molar-refractivity contribution in [2.75, 3.05) is 33.6 Å². The summed E-state index contributed by atoms with van der Waals surface area (Å²) in [5.41, 5.74) is 1.34. The van der Waals surface area contributed by atoms with Crippen molar-refractivity contribution in [3.63, 3.8) is 0 Å². The highest BCUT2D eigenvalue weighted by molar-refractivity contribution is 8.00. The van der Waals surface area contributed by atoms with Gasteiger partial charge in [0.2, 0.25) is 5.91 Å². The standard InChI is InChI=1S/C24H28N2O5S/c1-25(2)23(28)16-32-21-7-5-4-6-20(21)24(29)31-15-22(27)26(18-10-11-18)14-17-8-12-19(30-3)13-9-17/h4-9,12-13,18H,10-11,14-16H2,1-3H3. The molecule has 0 radical (unpaired) electrons. The maximum Gasteiger partial charge on any atom is 0.339 e. The zero-order chi connectivity index (χ0) is 23.1. The van der Waals surface area contributed by atoms with Gasteiger partial charge in [0.15, 0.2) is 6.61 Å². The summed E-state index contributed by atoms with van der Waals surface area (Å²) in [5.74, 6) is 0.138. The van der Waals surface area contributed by atoms with Gasteiger partial charge in [0.05, 0.1) is 18.4 Å². The fourth-order valence-electron chi connectivity index (χ4n) is 3.05. The van der Waals surface area contributed by atoms with Gasteiger partial charge in [0.25, 0.3) is 5.91 Å². The van der Waals surface area contributed by atoms with E-state index in [1.807, 2.05) is 24.3 Å². The highest BCUT2D eigenvalue weighted by Crippen LogP contribution is 2.29. The first-order chi connectivity index (χ1) is 15.4. The monoisotopic (exact) mass is 456 g/mol. The summed E-state index contributed by atoms with van der Waals surface area (Å²) < 4.78 is 10.5. The van der Waals surface area contributed by atoms with Crippen LogP contribution in [0.1, 0.15) is 28.8 Å². The second kappa shape index (κ2) is 11.0. The van der Waals surface area contributed by atoms with Crippen LogP contribution in [0.4, 0.5) is 0 Å². The number of hydrogen-bond acceptors (Lipinski definition) is 6. The Morgan fingerprint density at radius 2 is 1.69 bits per heavy atom. The van der Waals surface area contributed by atoms with Crippen LogP contribution < -0.4 is 4.74 Å². The Labute approximate surface area is 192 Å². The van der Waals surface area contributed by atoms with Gasteiger partial charge in [-0.05, 0) is 42.7 Å². The molecule has 0 N–H and O–H groups in total. The number of hydrogen-bond donors (Lipinski definition) is 0. The zero-order valence-corrected chi connectivity index (χ0v) is 19.4. The van der Waals surface area contributed by atoms with Crippen LogP contribution in [0.15, 0.2) is 53.4 Å². The molecule has 170 valence electrons. The number of nitrogens with zero attached hydrogens (tertiary/aromatic N) is 2. The summed E-state index contributed by atoms with van der Waals surface area (Å²) >= 11 is 1.27. The quantitative estimate of drug-likeness (QED) is 0.404. The van der Waals surface area contributed by atoms with Crippen LogP contribution >= 0.6 is 11.8 Å². The molecular weight excluding hydrogens is 428 g/mol. The Bertz CT molecular complexity index is 957. The summed E-state index contributed by atoms with van der Waals surface area (Å²) in [4.78, 5) is 41.3. The summed E-state index contributed by atoms with van der Waals surface area (Å²) in [7, 11) is 4.98. The van der Waals surface area contributed by atoms with E-state index in [0.717, 1.165) is 24.2 Å². The minimum absolute atomic E-state index is 0.0491. The highest BCUT2D eigenvalue weighted by atomic mass is 32.2. The average Bonchev–Trinajstić information content (AvgIpc) is 3.65. The smallest absolute Gasteiger partial charge is 0.339 e. The van der Waals surface area contributed by atoms with E-state index in [0.29, 0.717) is 17.0 Å². The third-order valence-electron chi connectivity index (χ3n) is 5.10. The van der Waals surface area contributed by atoms with Crippen LogP contribution in [0.2, 0.25) is 0 Å². The molecule has 1 aliphatic carbocycles. The third kappa shape index (κ3) is 6.50. The lowest BCUT2D eigenvalue weighted by molar-refractivity contribution is -0.135. The molecule has 0 aromatic heterocycles. The van der Waals surface area contributed by atoms with Crippen molar-refractivity contribution in [1.29, 1.82) is 0 Å². The highest BCUT2D eigenvalue weighted by Gasteiger charge is 2.33. The normalized spacial score (nSPS) is 12.7. The summed E-state index contributed by atoms with van der Waals surface area (Å²) in [6, 6.07) is 14.7. The predicted molar refractivity (Wildman–Crippen MR) is 123 cm³/mol. The number of ether oxygens (including phenoxy) is 2. The number of methoxy groups -OCH3 is 1. The number of rotatable bonds is 10. The summed E-state index contributed by atoms with van der Waals surface area (Å²) in [5, 5.41) is 0. The van der Waals surface area contributed by atoms with E-state index in [-0.39, 0.29) is 30.2 Å². The van der Waals surface area contributed by atoms with E-state index >= 15 is 0 Å². The maximum atomic E-state index is 12.8. The van der Waals surface area contributed by atoms with E-state index in [9.17, 15) is 14.4 Å². The van der Waals surface area contributed by atoms with Gasteiger partial charge in [0.1, 0.15) is 5.75 Å². The van der Waals surface area contributed by atoms with Crippen molar-refractivity contribution in [2.45, 2.75) is 30.3 Å². The molecule has 32 heavy (non-hydrogen) atoms. The van der Waals surface area contributed by atoms with Crippen molar-refractivity contribution < 1.29 is 23.9 Å². The van der Waals surface area contributed by atoms with Gasteiger partial charge in [0, 0.05) is 31.6 Å². The average molecular weight is 457 g/mol. The fourth-order valence-corrected chi connectivity index (χ4v) is 4.07. The van der Waals surface area contributed by atoms with E-state index < -0.39 is 5.97 Å². The van der Waals surface area contributed by atoms with Gasteiger partial charge >= 0.3 is 5.97 Å². The van der Waals surface area contributed by atoms with Crippen LogP contribution in [0, 0.1) is 0 Å². The van der Waals surface area contributed by atoms with Crippen molar-refractivity contribution in [3.05, 3.63) is 59.7 Å². The molecular formula is C24H28N2O5S. The molecule has 0 saturated heterocycles. The molecule has 0 bridgehead atoms. The Balaban J connectivity index is 1.59. The summed E-state index contributed by atoms with van der Waals surface area (Å²) in [6.45, 7) is 0.144. The largest absolute Gasteiger partial charge is 0.497 e. The van der Waals surface area contributed by atoms with E-state index in [1.165, 1.54) is 16.7 Å². The van der Waals surface area contributed by atoms with Crippen LogP contribution in [0.25, 0.3) is 0 Å². The second-order valence-corrected chi connectivity index (χ2v) is 8.77. The molecule has 2 aromatic rings. The Kier molecular flexibility index (Phi) is 8.16. The molecule has 0 heterocycles. The molecule has 2 amide bonds. The minimum Gasteiger partial charge on any atom is -0.497 e. The van der Waals surface area contributed by atoms with Crippen molar-refractivity contribution in [3.8, 4) is 5.75 Å². The molecule has 1 fully saturated rings. The van der Waals surface area contributed by atoms with Crippen molar-refractivity contribution in [1.82, 2.24) is 9.80 Å². The number of esters is 1. The lowest BCUT2D eigenvalue weighted by Crippen LogP contribution is -2.36. The molecule has 0 atom stereocenters. The molecule has 8 heteroatoms. The molecule has 2 aromatic carbocycles. The van der Waals surface area contributed by atoms with Gasteiger partial charge in [-0.2, -0.15) is 0 Å². The van der Waals surface area contributed by atoms with E-state index in [2.05, 4.69) is 0 Å². The van der Waals surface area contributed by atoms with Crippen molar-refractivity contribution in [2.24, 2.45) is 0 Å². The van der Waals surface area contributed by atoms with Gasteiger partial charge in [-0.25, -0.2) is 4.79 Å². The SMILES string of the molecule is COc1ccc(CN(C(=O)COC(=O)c2ccccc2SCC(=O)N(C)C)C2CC2)cc1. The first kappa shape index (κ1) is 23.7. The lowest BCUT2D eigenvalue weighted by Gasteiger charge is -2.22. The molecule has 7 nitrogen and oxygen atoms in total. The van der Waals surface area contributed by atoms with Crippen LogP contribution in [0.5, 0.6) is 5.75 Å². The number of carbonyl (C=O) groups is 3. The molecule has 1 aliphatic rings. The number of amides is 2. The Morgan fingerprint density at radius 3 is 2.31 bits per heavy atom. The molecule has 1 saturated carbocycles. The first-order valence-corrected chi connectivity index (χ1v) is 11.4.